The minimum absolute atomic E-state index is 0.0180. The number of nitrogens with one attached hydrogen (secondary N) is 2. The summed E-state index contributed by atoms with van der Waals surface area (Å²) < 4.78 is 0. The highest BCUT2D eigenvalue weighted by Crippen LogP contribution is 2.34. The molecule has 0 spiro atoms. The van der Waals surface area contributed by atoms with Crippen LogP contribution >= 0.6 is 0 Å². The smallest absolute Gasteiger partial charge is 0.236 e. The Morgan fingerprint density at radius 2 is 2.00 bits per heavy atom. The van der Waals surface area contributed by atoms with Crippen molar-refractivity contribution in [2.75, 3.05) is 7.05 Å². The third-order valence-electron chi connectivity index (χ3n) is 3.32. The maximum atomic E-state index is 11.8. The summed E-state index contributed by atoms with van der Waals surface area (Å²) >= 11 is 0. The summed E-state index contributed by atoms with van der Waals surface area (Å²) in [6.45, 7) is 6.53. The molecule has 1 aliphatic rings. The van der Waals surface area contributed by atoms with Crippen LogP contribution in [0.2, 0.25) is 0 Å². The molecule has 1 rings (SSSR count). The number of carbonyl (C=O) groups is 1. The molecule has 2 atom stereocenters. The van der Waals surface area contributed by atoms with Gasteiger partial charge in [0, 0.05) is 13.1 Å². The van der Waals surface area contributed by atoms with Gasteiger partial charge >= 0.3 is 0 Å². The van der Waals surface area contributed by atoms with Gasteiger partial charge in [-0.25, -0.2) is 0 Å². The second-order valence-electron chi connectivity index (χ2n) is 5.32. The van der Waals surface area contributed by atoms with E-state index in [1.54, 1.807) is 7.05 Å². The predicted molar refractivity (Wildman–Crippen MR) is 67.2 cm³/mol. The van der Waals surface area contributed by atoms with Gasteiger partial charge in [0.15, 0.2) is 0 Å². The lowest BCUT2D eigenvalue weighted by atomic mass is 10.0. The molecular formula is C13H26N2O. The van der Waals surface area contributed by atoms with E-state index in [2.05, 4.69) is 31.4 Å². The van der Waals surface area contributed by atoms with Gasteiger partial charge in [-0.1, -0.05) is 20.8 Å². The summed E-state index contributed by atoms with van der Waals surface area (Å²) in [5.74, 6) is 1.49. The summed E-state index contributed by atoms with van der Waals surface area (Å²) in [6, 6.07) is 0.511. The first kappa shape index (κ1) is 13.5. The van der Waals surface area contributed by atoms with Crippen LogP contribution in [0.15, 0.2) is 0 Å². The van der Waals surface area contributed by atoms with Crippen molar-refractivity contribution in [2.45, 2.75) is 58.5 Å². The van der Waals surface area contributed by atoms with Gasteiger partial charge in [-0.3, -0.25) is 4.79 Å². The van der Waals surface area contributed by atoms with Crippen LogP contribution in [0.25, 0.3) is 0 Å². The van der Waals surface area contributed by atoms with E-state index >= 15 is 0 Å². The number of likely N-dealkylation sites (N-methyl/N-ethyl adjacent to an activating group) is 1. The lowest BCUT2D eigenvalue weighted by molar-refractivity contribution is -0.123. The standard InChI is InChI=1S/C13H26N2O/c1-5-11(10-6-7-10)15-12(8-9(2)3)13(16)14-4/h9-12,15H,5-8H2,1-4H3,(H,14,16). The van der Waals surface area contributed by atoms with E-state index in [1.165, 1.54) is 12.8 Å². The van der Waals surface area contributed by atoms with Crippen molar-refractivity contribution in [1.29, 1.82) is 0 Å². The highest BCUT2D eigenvalue weighted by atomic mass is 16.2. The van der Waals surface area contributed by atoms with Crippen molar-refractivity contribution in [2.24, 2.45) is 11.8 Å². The first-order valence-corrected chi connectivity index (χ1v) is 6.56. The molecule has 0 aromatic rings. The van der Waals surface area contributed by atoms with Gasteiger partial charge in [0.2, 0.25) is 5.91 Å². The summed E-state index contributed by atoms with van der Waals surface area (Å²) in [5.41, 5.74) is 0. The molecule has 0 heterocycles. The molecule has 2 N–H and O–H groups in total. The number of carbonyl (C=O) groups excluding carboxylic acids is 1. The van der Waals surface area contributed by atoms with Crippen LogP contribution in [-0.2, 0) is 4.79 Å². The Labute approximate surface area is 99.4 Å². The molecule has 1 saturated carbocycles. The van der Waals surface area contributed by atoms with Crippen LogP contribution in [0, 0.1) is 11.8 Å². The van der Waals surface area contributed by atoms with Crippen molar-refractivity contribution in [3.05, 3.63) is 0 Å². The average molecular weight is 226 g/mol. The van der Waals surface area contributed by atoms with Crippen LogP contribution in [0.4, 0.5) is 0 Å². The van der Waals surface area contributed by atoms with Gasteiger partial charge in [-0.05, 0) is 37.5 Å². The van der Waals surface area contributed by atoms with Gasteiger partial charge in [0.1, 0.15) is 0 Å². The molecule has 0 aromatic carbocycles. The molecule has 3 heteroatoms. The number of rotatable bonds is 7. The van der Waals surface area contributed by atoms with E-state index in [4.69, 9.17) is 0 Å². The van der Waals surface area contributed by atoms with E-state index in [9.17, 15) is 4.79 Å². The highest BCUT2D eigenvalue weighted by molar-refractivity contribution is 5.81. The Kier molecular flexibility index (Phi) is 5.26. The molecule has 1 fully saturated rings. The number of hydrogen-bond acceptors (Lipinski definition) is 2. The molecule has 1 aliphatic carbocycles. The molecule has 3 nitrogen and oxygen atoms in total. The fraction of sp³-hybridized carbons (Fsp3) is 0.923. The second-order valence-corrected chi connectivity index (χ2v) is 5.32. The van der Waals surface area contributed by atoms with Crippen molar-refractivity contribution in [3.63, 3.8) is 0 Å². The van der Waals surface area contributed by atoms with Gasteiger partial charge in [-0.15, -0.1) is 0 Å². The van der Waals surface area contributed by atoms with E-state index in [1.807, 2.05) is 0 Å². The highest BCUT2D eigenvalue weighted by Gasteiger charge is 2.32. The van der Waals surface area contributed by atoms with Crippen LogP contribution in [0.3, 0.4) is 0 Å². The lowest BCUT2D eigenvalue weighted by Crippen LogP contribution is -2.48. The molecule has 0 aliphatic heterocycles. The van der Waals surface area contributed by atoms with Gasteiger partial charge in [-0.2, -0.15) is 0 Å². The van der Waals surface area contributed by atoms with Crippen LogP contribution in [0.1, 0.15) is 46.5 Å². The summed E-state index contributed by atoms with van der Waals surface area (Å²) in [5, 5.41) is 6.29. The molecule has 0 aromatic heterocycles. The van der Waals surface area contributed by atoms with E-state index in [0.29, 0.717) is 12.0 Å². The van der Waals surface area contributed by atoms with E-state index in [0.717, 1.165) is 18.8 Å². The number of hydrogen-bond donors (Lipinski definition) is 2. The Morgan fingerprint density at radius 3 is 2.38 bits per heavy atom. The first-order valence-electron chi connectivity index (χ1n) is 6.56. The Morgan fingerprint density at radius 1 is 1.38 bits per heavy atom. The second kappa shape index (κ2) is 6.24. The average Bonchev–Trinajstić information content (AvgIpc) is 3.06. The van der Waals surface area contributed by atoms with Crippen molar-refractivity contribution >= 4 is 5.91 Å². The minimum Gasteiger partial charge on any atom is -0.358 e. The minimum atomic E-state index is -0.0180. The fourth-order valence-electron chi connectivity index (χ4n) is 2.24. The zero-order valence-electron chi connectivity index (χ0n) is 11.0. The fourth-order valence-corrected chi connectivity index (χ4v) is 2.24. The zero-order chi connectivity index (χ0) is 12.1. The van der Waals surface area contributed by atoms with Crippen LogP contribution < -0.4 is 10.6 Å². The van der Waals surface area contributed by atoms with E-state index < -0.39 is 0 Å². The summed E-state index contributed by atoms with van der Waals surface area (Å²) in [7, 11) is 1.72. The van der Waals surface area contributed by atoms with Crippen LogP contribution in [-0.4, -0.2) is 25.0 Å². The largest absolute Gasteiger partial charge is 0.358 e. The Hall–Kier alpha value is -0.570. The van der Waals surface area contributed by atoms with Gasteiger partial charge < -0.3 is 10.6 Å². The topological polar surface area (TPSA) is 41.1 Å². The molecule has 1 amide bonds. The zero-order valence-corrected chi connectivity index (χ0v) is 11.0. The molecule has 94 valence electrons. The maximum Gasteiger partial charge on any atom is 0.236 e. The SMILES string of the molecule is CCC(NC(CC(C)C)C(=O)NC)C1CC1. The lowest BCUT2D eigenvalue weighted by Gasteiger charge is -2.25. The quantitative estimate of drug-likeness (QED) is 0.696. The molecule has 2 unspecified atom stereocenters. The van der Waals surface area contributed by atoms with Crippen molar-refractivity contribution < 1.29 is 4.79 Å². The third-order valence-corrected chi connectivity index (χ3v) is 3.32. The van der Waals surface area contributed by atoms with Crippen LogP contribution in [0.5, 0.6) is 0 Å². The molecule has 0 radical (unpaired) electrons. The van der Waals surface area contributed by atoms with Crippen molar-refractivity contribution in [3.8, 4) is 0 Å². The first-order chi connectivity index (χ1) is 7.58. The molecular weight excluding hydrogens is 200 g/mol. The normalized spacial score (nSPS) is 19.6. The van der Waals surface area contributed by atoms with E-state index in [-0.39, 0.29) is 11.9 Å². The van der Waals surface area contributed by atoms with Crippen molar-refractivity contribution in [1.82, 2.24) is 10.6 Å². The molecule has 16 heavy (non-hydrogen) atoms. The summed E-state index contributed by atoms with van der Waals surface area (Å²) in [4.78, 5) is 11.8. The molecule has 0 bridgehead atoms. The third kappa shape index (κ3) is 4.12. The Bertz CT molecular complexity index is 224. The summed E-state index contributed by atoms with van der Waals surface area (Å²) in [6.07, 6.45) is 4.69. The van der Waals surface area contributed by atoms with Gasteiger partial charge in [0.05, 0.1) is 6.04 Å². The predicted octanol–water partition coefficient (Wildman–Crippen LogP) is 1.93. The van der Waals surface area contributed by atoms with Gasteiger partial charge in [0.25, 0.3) is 0 Å². The maximum absolute atomic E-state index is 11.8. The molecule has 0 saturated heterocycles. The monoisotopic (exact) mass is 226 g/mol. The Balaban J connectivity index is 2.50. The number of amides is 1.